The molecule has 0 aromatic carbocycles. The van der Waals surface area contributed by atoms with Crippen LogP contribution in [0.5, 0.6) is 0 Å². The van der Waals surface area contributed by atoms with Gasteiger partial charge in [-0.2, -0.15) is 0 Å². The van der Waals surface area contributed by atoms with Gasteiger partial charge in [0.05, 0.1) is 11.3 Å². The van der Waals surface area contributed by atoms with Crippen molar-refractivity contribution >= 4 is 17.3 Å². The van der Waals surface area contributed by atoms with Gasteiger partial charge in [0.2, 0.25) is 0 Å². The topological polar surface area (TPSA) is 50.2 Å². The number of aryl methyl sites for hydroxylation is 2. The molecule has 4 heteroatoms. The predicted octanol–water partition coefficient (Wildman–Crippen LogP) is 3.13. The Balaban J connectivity index is 2.51. The average Bonchev–Trinajstić information content (AvgIpc) is 2.65. The summed E-state index contributed by atoms with van der Waals surface area (Å²) in [6.45, 7) is 3.72. The summed E-state index contributed by atoms with van der Waals surface area (Å²) >= 11 is 1.63. The molecule has 1 N–H and O–H groups in total. The Morgan fingerprint density at radius 2 is 2.12 bits per heavy atom. The zero-order valence-corrected chi connectivity index (χ0v) is 9.84. The molecule has 0 aliphatic carbocycles. The smallest absolute Gasteiger partial charge is 0.337 e. The summed E-state index contributed by atoms with van der Waals surface area (Å²) in [6.07, 6.45) is 1.72. The van der Waals surface area contributed by atoms with Crippen LogP contribution in [-0.2, 0) is 0 Å². The maximum atomic E-state index is 11.0. The molecule has 0 radical (unpaired) electrons. The third kappa shape index (κ3) is 1.97. The van der Waals surface area contributed by atoms with Crippen molar-refractivity contribution in [2.45, 2.75) is 13.8 Å². The molecule has 0 saturated heterocycles. The lowest BCUT2D eigenvalue weighted by atomic mass is 10.1. The highest BCUT2D eigenvalue weighted by Crippen LogP contribution is 2.28. The van der Waals surface area contributed by atoms with Crippen LogP contribution in [0.2, 0.25) is 0 Å². The van der Waals surface area contributed by atoms with Crippen molar-refractivity contribution in [3.63, 3.8) is 0 Å². The summed E-state index contributed by atoms with van der Waals surface area (Å²) in [5, 5.41) is 9.01. The normalized spacial score (nSPS) is 10.4. The molecule has 2 aromatic rings. The van der Waals surface area contributed by atoms with Gasteiger partial charge in [-0.15, -0.1) is 11.3 Å². The molecule has 0 aliphatic rings. The van der Waals surface area contributed by atoms with Crippen molar-refractivity contribution in [2.75, 3.05) is 0 Å². The summed E-state index contributed by atoms with van der Waals surface area (Å²) in [7, 11) is 0. The number of carbonyl (C=O) groups is 1. The Hall–Kier alpha value is -1.68. The number of carboxylic acid groups (broad SMARTS) is 1. The molecule has 0 saturated carbocycles. The minimum atomic E-state index is -0.930. The van der Waals surface area contributed by atoms with Crippen molar-refractivity contribution < 1.29 is 9.90 Å². The van der Waals surface area contributed by atoms with E-state index in [1.165, 1.54) is 4.88 Å². The van der Waals surface area contributed by atoms with Gasteiger partial charge in [0, 0.05) is 21.5 Å². The highest BCUT2D eigenvalue weighted by Gasteiger charge is 2.10. The number of aromatic carboxylic acids is 1. The fourth-order valence-electron chi connectivity index (χ4n) is 1.47. The summed E-state index contributed by atoms with van der Waals surface area (Å²) in [6, 6.07) is 5.67. The highest BCUT2D eigenvalue weighted by atomic mass is 32.1. The van der Waals surface area contributed by atoms with Crippen LogP contribution in [0, 0.1) is 13.8 Å². The van der Waals surface area contributed by atoms with Crippen LogP contribution in [-0.4, -0.2) is 16.1 Å². The molecule has 0 spiro atoms. The fraction of sp³-hybridized carbons (Fsp3) is 0.167. The van der Waals surface area contributed by atoms with E-state index in [9.17, 15) is 4.79 Å². The van der Waals surface area contributed by atoms with Crippen molar-refractivity contribution in [3.8, 4) is 10.4 Å². The van der Waals surface area contributed by atoms with E-state index in [0.29, 0.717) is 5.69 Å². The molecule has 0 fully saturated rings. The second-order valence-corrected chi connectivity index (χ2v) is 4.86. The molecule has 2 rings (SSSR count). The number of aromatic nitrogens is 1. The largest absolute Gasteiger partial charge is 0.478 e. The number of hydrogen-bond donors (Lipinski definition) is 1. The van der Waals surface area contributed by atoms with Gasteiger partial charge in [-0.1, -0.05) is 0 Å². The second kappa shape index (κ2) is 4.06. The quantitative estimate of drug-likeness (QED) is 0.867. The Bertz CT molecular complexity index is 546. The molecule has 2 aromatic heterocycles. The van der Waals surface area contributed by atoms with Crippen LogP contribution < -0.4 is 0 Å². The first kappa shape index (κ1) is 10.8. The molecule has 82 valence electrons. The van der Waals surface area contributed by atoms with Crippen LogP contribution >= 0.6 is 11.3 Å². The SMILES string of the molecule is Cc1ccc(-c2cnc(C)c(C(=O)O)c2)s1. The van der Waals surface area contributed by atoms with Crippen molar-refractivity contribution in [1.82, 2.24) is 4.98 Å². The van der Waals surface area contributed by atoms with Crippen LogP contribution in [0.3, 0.4) is 0 Å². The minimum Gasteiger partial charge on any atom is -0.478 e. The lowest BCUT2D eigenvalue weighted by Gasteiger charge is -2.02. The van der Waals surface area contributed by atoms with Crippen molar-refractivity contribution in [2.24, 2.45) is 0 Å². The number of nitrogens with zero attached hydrogens (tertiary/aromatic N) is 1. The molecule has 2 heterocycles. The third-order valence-electron chi connectivity index (χ3n) is 2.34. The van der Waals surface area contributed by atoms with E-state index in [1.54, 1.807) is 30.5 Å². The van der Waals surface area contributed by atoms with Crippen LogP contribution in [0.25, 0.3) is 10.4 Å². The second-order valence-electron chi connectivity index (χ2n) is 3.57. The Morgan fingerprint density at radius 3 is 2.69 bits per heavy atom. The van der Waals surface area contributed by atoms with Gasteiger partial charge >= 0.3 is 5.97 Å². The van der Waals surface area contributed by atoms with Crippen LogP contribution in [0.15, 0.2) is 24.4 Å². The van der Waals surface area contributed by atoms with E-state index in [-0.39, 0.29) is 5.56 Å². The van der Waals surface area contributed by atoms with Crippen LogP contribution in [0.1, 0.15) is 20.9 Å². The number of carboxylic acids is 1. The van der Waals surface area contributed by atoms with Gasteiger partial charge in [-0.25, -0.2) is 4.79 Å². The molecular formula is C12H11NO2S. The third-order valence-corrected chi connectivity index (χ3v) is 3.39. The van der Waals surface area contributed by atoms with Gasteiger partial charge in [-0.3, -0.25) is 4.98 Å². The van der Waals surface area contributed by atoms with E-state index in [0.717, 1.165) is 10.4 Å². The number of pyridine rings is 1. The number of thiophene rings is 1. The van der Waals surface area contributed by atoms with E-state index in [4.69, 9.17) is 5.11 Å². The lowest BCUT2D eigenvalue weighted by Crippen LogP contribution is -2.01. The first-order chi connectivity index (χ1) is 7.58. The zero-order valence-electron chi connectivity index (χ0n) is 9.02. The summed E-state index contributed by atoms with van der Waals surface area (Å²) < 4.78 is 0. The summed E-state index contributed by atoms with van der Waals surface area (Å²) in [5.74, 6) is -0.930. The Kier molecular flexibility index (Phi) is 2.75. The molecule has 3 nitrogen and oxygen atoms in total. The molecule has 0 aliphatic heterocycles. The first-order valence-electron chi connectivity index (χ1n) is 4.84. The van der Waals surface area contributed by atoms with Crippen molar-refractivity contribution in [3.05, 3.63) is 40.5 Å². The summed E-state index contributed by atoms with van der Waals surface area (Å²) in [4.78, 5) is 17.3. The molecule has 0 amide bonds. The molecular weight excluding hydrogens is 222 g/mol. The maximum absolute atomic E-state index is 11.0. The van der Waals surface area contributed by atoms with E-state index >= 15 is 0 Å². The van der Waals surface area contributed by atoms with Crippen LogP contribution in [0.4, 0.5) is 0 Å². The Morgan fingerprint density at radius 1 is 1.38 bits per heavy atom. The van der Waals surface area contributed by atoms with Gasteiger partial charge in [-0.05, 0) is 32.0 Å². The van der Waals surface area contributed by atoms with Gasteiger partial charge in [0.15, 0.2) is 0 Å². The van der Waals surface area contributed by atoms with E-state index < -0.39 is 5.97 Å². The predicted molar refractivity (Wildman–Crippen MR) is 64.0 cm³/mol. The zero-order chi connectivity index (χ0) is 11.7. The van der Waals surface area contributed by atoms with E-state index in [2.05, 4.69) is 4.98 Å². The van der Waals surface area contributed by atoms with Gasteiger partial charge < -0.3 is 5.11 Å². The standard InChI is InChI=1S/C12H11NO2S/c1-7-3-4-11(16-7)9-5-10(12(14)15)8(2)13-6-9/h3-6H,1-2H3,(H,14,15). The fourth-order valence-corrected chi connectivity index (χ4v) is 2.32. The minimum absolute atomic E-state index is 0.267. The maximum Gasteiger partial charge on any atom is 0.337 e. The van der Waals surface area contributed by atoms with Gasteiger partial charge in [0.25, 0.3) is 0 Å². The van der Waals surface area contributed by atoms with Crippen molar-refractivity contribution in [1.29, 1.82) is 0 Å². The molecule has 0 bridgehead atoms. The molecule has 0 atom stereocenters. The number of hydrogen-bond acceptors (Lipinski definition) is 3. The first-order valence-corrected chi connectivity index (χ1v) is 5.66. The van der Waals surface area contributed by atoms with E-state index in [1.807, 2.05) is 19.1 Å². The lowest BCUT2D eigenvalue weighted by molar-refractivity contribution is 0.0695. The monoisotopic (exact) mass is 233 g/mol. The molecule has 0 unspecified atom stereocenters. The number of rotatable bonds is 2. The highest BCUT2D eigenvalue weighted by molar-refractivity contribution is 7.15. The summed E-state index contributed by atoms with van der Waals surface area (Å²) in [5.41, 5.74) is 1.68. The molecule has 16 heavy (non-hydrogen) atoms. The Labute approximate surface area is 97.4 Å². The van der Waals surface area contributed by atoms with Gasteiger partial charge in [0.1, 0.15) is 0 Å². The average molecular weight is 233 g/mol.